The van der Waals surface area contributed by atoms with Crippen LogP contribution in [0.1, 0.15) is 24.5 Å². The molecule has 0 saturated heterocycles. The minimum atomic E-state index is -0.427. The van der Waals surface area contributed by atoms with Gasteiger partial charge >= 0.3 is 0 Å². The zero-order valence-corrected chi connectivity index (χ0v) is 9.70. The predicted molar refractivity (Wildman–Crippen MR) is 60.4 cm³/mol. The van der Waals surface area contributed by atoms with Crippen LogP contribution in [0, 0.1) is 0 Å². The van der Waals surface area contributed by atoms with Gasteiger partial charge in [0.15, 0.2) is 0 Å². The van der Waals surface area contributed by atoms with Gasteiger partial charge in [-0.1, -0.05) is 23.7 Å². The topological polar surface area (TPSA) is 58.6 Å². The highest BCUT2D eigenvalue weighted by atomic mass is 35.5. The van der Waals surface area contributed by atoms with E-state index in [4.69, 9.17) is 21.5 Å². The first-order chi connectivity index (χ1) is 7.67. The lowest BCUT2D eigenvalue weighted by Crippen LogP contribution is -2.19. The van der Waals surface area contributed by atoms with Crippen molar-refractivity contribution in [2.24, 2.45) is 0 Å². The Bertz CT molecular complexity index is 357. The summed E-state index contributed by atoms with van der Waals surface area (Å²) in [4.78, 5) is 10.9. The molecule has 0 radical (unpaired) electrons. The van der Waals surface area contributed by atoms with E-state index >= 15 is 0 Å². The van der Waals surface area contributed by atoms with Gasteiger partial charge in [-0.05, 0) is 24.1 Å². The number of benzene rings is 1. The molecule has 0 aliphatic carbocycles. The average molecular weight is 244 g/mol. The lowest BCUT2D eigenvalue weighted by atomic mass is 10.0. The summed E-state index contributed by atoms with van der Waals surface area (Å²) in [5.74, 6) is -0.427. The summed E-state index contributed by atoms with van der Waals surface area (Å²) in [5, 5.41) is 9.00. The van der Waals surface area contributed by atoms with Crippen LogP contribution in [0.2, 0.25) is 5.02 Å². The summed E-state index contributed by atoms with van der Waals surface area (Å²) in [6.07, 6.45) is 0.487. The van der Waals surface area contributed by atoms with E-state index in [1.807, 2.05) is 12.1 Å². The van der Waals surface area contributed by atoms with Crippen molar-refractivity contribution in [3.05, 3.63) is 34.9 Å². The fourth-order valence-electron chi connectivity index (χ4n) is 1.45. The van der Waals surface area contributed by atoms with Gasteiger partial charge in [-0.3, -0.25) is 10.0 Å². The molecule has 1 amide bonds. The molecule has 1 rings (SSSR count). The molecule has 16 heavy (non-hydrogen) atoms. The SMILES string of the molecule is COC(CCC(=O)NO)c1cccc(Cl)c1. The van der Waals surface area contributed by atoms with Crippen molar-refractivity contribution in [2.45, 2.75) is 18.9 Å². The minimum Gasteiger partial charge on any atom is -0.377 e. The summed E-state index contributed by atoms with van der Waals surface area (Å²) >= 11 is 5.86. The number of hydroxylamine groups is 1. The fourth-order valence-corrected chi connectivity index (χ4v) is 1.64. The number of hydrogen-bond acceptors (Lipinski definition) is 3. The number of carbonyl (C=O) groups is 1. The molecule has 0 bridgehead atoms. The Morgan fingerprint density at radius 3 is 2.94 bits per heavy atom. The van der Waals surface area contributed by atoms with Crippen LogP contribution in [0.5, 0.6) is 0 Å². The highest BCUT2D eigenvalue weighted by Crippen LogP contribution is 2.24. The van der Waals surface area contributed by atoms with Crippen LogP contribution in [0.3, 0.4) is 0 Å². The van der Waals surface area contributed by atoms with Gasteiger partial charge in [-0.25, -0.2) is 5.48 Å². The fraction of sp³-hybridized carbons (Fsp3) is 0.364. The van der Waals surface area contributed by atoms with E-state index in [1.165, 1.54) is 0 Å². The smallest absolute Gasteiger partial charge is 0.243 e. The van der Waals surface area contributed by atoms with Gasteiger partial charge in [-0.2, -0.15) is 0 Å². The van der Waals surface area contributed by atoms with Gasteiger partial charge in [0.25, 0.3) is 0 Å². The molecule has 0 aliphatic rings. The molecule has 0 saturated carbocycles. The Morgan fingerprint density at radius 2 is 2.38 bits per heavy atom. The van der Waals surface area contributed by atoms with E-state index in [9.17, 15) is 4.79 Å². The molecule has 0 fully saturated rings. The average Bonchev–Trinajstić information content (AvgIpc) is 2.29. The Balaban J connectivity index is 2.64. The second-order valence-corrected chi connectivity index (χ2v) is 3.79. The Labute approximate surface area is 99.1 Å². The van der Waals surface area contributed by atoms with Crippen LogP contribution in [0.4, 0.5) is 0 Å². The number of methoxy groups -OCH3 is 1. The van der Waals surface area contributed by atoms with Crippen LogP contribution in [0.15, 0.2) is 24.3 Å². The Morgan fingerprint density at radius 1 is 1.62 bits per heavy atom. The zero-order chi connectivity index (χ0) is 12.0. The van der Waals surface area contributed by atoms with Crippen LogP contribution < -0.4 is 5.48 Å². The van der Waals surface area contributed by atoms with Gasteiger partial charge in [0.2, 0.25) is 5.91 Å². The first-order valence-corrected chi connectivity index (χ1v) is 5.26. The second kappa shape index (κ2) is 6.48. The van der Waals surface area contributed by atoms with E-state index in [-0.39, 0.29) is 12.5 Å². The summed E-state index contributed by atoms with van der Waals surface area (Å²) < 4.78 is 5.27. The summed E-state index contributed by atoms with van der Waals surface area (Å²) in [6, 6.07) is 7.29. The molecule has 2 N–H and O–H groups in total. The van der Waals surface area contributed by atoms with Gasteiger partial charge in [0.1, 0.15) is 0 Å². The Hall–Kier alpha value is -1.10. The van der Waals surface area contributed by atoms with Gasteiger partial charge in [0.05, 0.1) is 6.10 Å². The maximum absolute atomic E-state index is 10.9. The van der Waals surface area contributed by atoms with E-state index in [0.717, 1.165) is 5.56 Å². The van der Waals surface area contributed by atoms with Crippen molar-refractivity contribution in [2.75, 3.05) is 7.11 Å². The second-order valence-electron chi connectivity index (χ2n) is 3.35. The molecule has 0 heterocycles. The number of hydrogen-bond donors (Lipinski definition) is 2. The van der Waals surface area contributed by atoms with Crippen LogP contribution >= 0.6 is 11.6 Å². The molecule has 0 spiro atoms. The van der Waals surface area contributed by atoms with E-state index in [0.29, 0.717) is 11.4 Å². The number of amides is 1. The highest BCUT2D eigenvalue weighted by molar-refractivity contribution is 6.30. The quantitative estimate of drug-likeness (QED) is 0.616. The zero-order valence-electron chi connectivity index (χ0n) is 8.94. The number of carbonyl (C=O) groups excluding carboxylic acids is 1. The van der Waals surface area contributed by atoms with Crippen molar-refractivity contribution < 1.29 is 14.7 Å². The minimum absolute atomic E-state index is 0.196. The summed E-state index contributed by atoms with van der Waals surface area (Å²) in [5.41, 5.74) is 2.50. The first-order valence-electron chi connectivity index (χ1n) is 4.88. The monoisotopic (exact) mass is 243 g/mol. The van der Waals surface area contributed by atoms with E-state index < -0.39 is 5.91 Å². The largest absolute Gasteiger partial charge is 0.377 e. The molecule has 88 valence electrons. The third-order valence-electron chi connectivity index (χ3n) is 2.26. The van der Waals surface area contributed by atoms with E-state index in [1.54, 1.807) is 24.7 Å². The molecule has 0 aliphatic heterocycles. The molecule has 1 aromatic carbocycles. The number of rotatable bonds is 5. The molecule has 1 aromatic rings. The maximum atomic E-state index is 10.9. The number of ether oxygens (including phenoxy) is 1. The third kappa shape index (κ3) is 3.81. The maximum Gasteiger partial charge on any atom is 0.243 e. The van der Waals surface area contributed by atoms with Gasteiger partial charge in [-0.15, -0.1) is 0 Å². The highest BCUT2D eigenvalue weighted by Gasteiger charge is 2.12. The van der Waals surface area contributed by atoms with Crippen LogP contribution in [-0.2, 0) is 9.53 Å². The van der Waals surface area contributed by atoms with Crippen LogP contribution in [0.25, 0.3) is 0 Å². The van der Waals surface area contributed by atoms with Crippen molar-refractivity contribution in [3.8, 4) is 0 Å². The van der Waals surface area contributed by atoms with E-state index in [2.05, 4.69) is 0 Å². The van der Waals surface area contributed by atoms with Crippen molar-refractivity contribution in [1.29, 1.82) is 0 Å². The molecule has 1 unspecified atom stereocenters. The molecular weight excluding hydrogens is 230 g/mol. The molecule has 1 atom stereocenters. The van der Waals surface area contributed by atoms with Crippen molar-refractivity contribution >= 4 is 17.5 Å². The van der Waals surface area contributed by atoms with Crippen molar-refractivity contribution in [1.82, 2.24) is 5.48 Å². The Kier molecular flexibility index (Phi) is 5.25. The number of halogens is 1. The predicted octanol–water partition coefficient (Wildman–Crippen LogP) is 2.31. The molecule has 4 nitrogen and oxygen atoms in total. The van der Waals surface area contributed by atoms with Crippen LogP contribution in [-0.4, -0.2) is 18.2 Å². The normalized spacial score (nSPS) is 12.2. The summed E-state index contributed by atoms with van der Waals surface area (Å²) in [7, 11) is 1.57. The standard InChI is InChI=1S/C11H14ClNO3/c1-16-10(5-6-11(14)13-15)8-3-2-4-9(12)7-8/h2-4,7,10,15H,5-6H2,1H3,(H,13,14). The molecule has 5 heteroatoms. The third-order valence-corrected chi connectivity index (χ3v) is 2.50. The molecular formula is C11H14ClNO3. The molecule has 0 aromatic heterocycles. The number of nitrogens with one attached hydrogen (secondary N) is 1. The van der Waals surface area contributed by atoms with Gasteiger partial charge in [0, 0.05) is 18.6 Å². The lowest BCUT2D eigenvalue weighted by molar-refractivity contribution is -0.129. The first kappa shape index (κ1) is 13.0. The summed E-state index contributed by atoms with van der Waals surface area (Å²) in [6.45, 7) is 0. The lowest BCUT2D eigenvalue weighted by Gasteiger charge is -2.15. The van der Waals surface area contributed by atoms with Crippen molar-refractivity contribution in [3.63, 3.8) is 0 Å². The van der Waals surface area contributed by atoms with Gasteiger partial charge < -0.3 is 4.74 Å².